The van der Waals surface area contributed by atoms with Crippen molar-refractivity contribution in [2.45, 2.75) is 218 Å². The Balaban J connectivity index is 0.000000198. The third kappa shape index (κ3) is 15.8. The number of esters is 6. The second-order valence-electron chi connectivity index (χ2n) is 27.3. The number of likely N-dealkylation sites (tertiary alicyclic amines) is 2. The molecule has 2 saturated heterocycles. The van der Waals surface area contributed by atoms with E-state index in [1.807, 2.05) is 51.1 Å². The van der Waals surface area contributed by atoms with E-state index in [0.29, 0.717) is 36.1 Å². The van der Waals surface area contributed by atoms with Crippen molar-refractivity contribution in [3.05, 3.63) is 70.8 Å². The maximum Gasteiger partial charge on any atom is 0.407 e. The van der Waals surface area contributed by atoms with Crippen LogP contribution in [0.5, 0.6) is 23.0 Å². The highest BCUT2D eigenvalue weighted by molar-refractivity contribution is 5.81. The van der Waals surface area contributed by atoms with Gasteiger partial charge in [-0.3, -0.25) is 48.2 Å². The normalized spacial score (nSPS) is 25.9. The largest absolute Gasteiger partial charge is 0.481 e. The summed E-state index contributed by atoms with van der Waals surface area (Å²) in [6.07, 6.45) is 10.8. The summed E-state index contributed by atoms with van der Waals surface area (Å²) in [6, 6.07) is 8.13. The fourth-order valence-corrected chi connectivity index (χ4v) is 14.4. The molecular weight excluding hydrogens is 1160 g/mol. The van der Waals surface area contributed by atoms with Crippen molar-refractivity contribution in [1.29, 1.82) is 0 Å². The van der Waals surface area contributed by atoms with Crippen molar-refractivity contribution < 1.29 is 90.9 Å². The first-order valence-corrected chi connectivity index (χ1v) is 31.3. The molecule has 4 bridgehead atoms. The van der Waals surface area contributed by atoms with Crippen molar-refractivity contribution in [2.75, 3.05) is 39.3 Å². The highest BCUT2D eigenvalue weighted by Gasteiger charge is 2.67. The topological polar surface area (TPSA) is 287 Å². The van der Waals surface area contributed by atoms with Crippen LogP contribution in [0.3, 0.4) is 0 Å². The smallest absolute Gasteiger partial charge is 0.407 e. The lowest BCUT2D eigenvalue weighted by Gasteiger charge is -2.57. The fourth-order valence-electron chi connectivity index (χ4n) is 14.4. The van der Waals surface area contributed by atoms with Crippen LogP contribution in [-0.2, 0) is 85.7 Å². The van der Waals surface area contributed by atoms with E-state index in [-0.39, 0.29) is 90.4 Å². The standard InChI is InChI=1S/C31H40N2O8.C28H36N2O7.C8H14O4/c1-18(34)38-23-9-7-20-17-22-21-8-10-24(39-19(2)35)29-31(21,27(20)28(23)40-29)13-16-33(22)15-6-14-32-25(36)11-12-26(37)41-30(3,4)5;1-16(31)34-21-9-7-18-15-20-19-8-10-22(35-17(2)32)25-28(19,23(18)24(21)36-25)11-14-30(20)13-6-12-29-26(33)37-27(3,4)5;1-8(2,3)12-7(11)5-4-6(9)10/h7-10,21-22,24,29H,6,11-17H2,1-5H3,(H,32,36);7-10,19-20,22,25H,6,11-15H2,1-5H3,(H,29,33);4-5H2,1-3H3,(H,9,10)/t21-,22?,24-,29-,31-;19-,20?,22-,25-,28-;/m00./s1. The Morgan fingerprint density at radius 3 is 1.34 bits per heavy atom. The summed E-state index contributed by atoms with van der Waals surface area (Å²) < 4.78 is 51.0. The molecule has 4 aliphatic carbocycles. The SMILES string of the molecule is CC(=O)Oc1ccc2c3c1O[C@H]1[C@@H](OC(C)=O)C=C[C@H]4C(C2)N(CCCNC(=O)CCC(=O)OC(C)(C)C)CC[C@@]341.CC(=O)Oc1ccc2c3c1O[C@H]1[C@@H](OC(C)=O)C=C[C@H]4C(C2)N(CCCNC(=O)OC(C)(C)C)CC[C@@]341.CC(C)(C)OC(=O)CCC(=O)O. The first kappa shape index (κ1) is 68.4. The van der Waals surface area contributed by atoms with Gasteiger partial charge in [-0.2, -0.15) is 0 Å². The molecule has 4 aliphatic heterocycles. The molecule has 4 heterocycles. The number of nitrogens with one attached hydrogen (secondary N) is 2. The zero-order valence-electron chi connectivity index (χ0n) is 54.2. The highest BCUT2D eigenvalue weighted by Crippen LogP contribution is 2.65. The van der Waals surface area contributed by atoms with Gasteiger partial charge in [0.05, 0.1) is 19.3 Å². The Kier molecular flexibility index (Phi) is 20.9. The summed E-state index contributed by atoms with van der Waals surface area (Å²) in [5, 5.41) is 14.0. The molecule has 8 aliphatic rings. The van der Waals surface area contributed by atoms with Crippen LogP contribution in [-0.4, -0.2) is 161 Å². The van der Waals surface area contributed by atoms with Gasteiger partial charge >= 0.3 is 47.9 Å². The molecule has 2 aromatic carbocycles. The molecule has 10 rings (SSSR count). The van der Waals surface area contributed by atoms with E-state index in [1.165, 1.54) is 33.3 Å². The third-order valence-corrected chi connectivity index (χ3v) is 17.2. The molecule has 2 unspecified atom stereocenters. The maximum absolute atomic E-state index is 12.3. The second kappa shape index (κ2) is 27.5. The number of aliphatic carboxylic acids is 1. The molecule has 492 valence electrons. The Labute approximate surface area is 526 Å². The van der Waals surface area contributed by atoms with E-state index in [1.54, 1.807) is 47.6 Å². The van der Waals surface area contributed by atoms with Gasteiger partial charge in [0.15, 0.2) is 35.2 Å². The first-order chi connectivity index (χ1) is 42.2. The minimum Gasteiger partial charge on any atom is -0.481 e. The molecule has 10 atom stereocenters. The number of hydrogen-bond acceptors (Lipinski definition) is 20. The summed E-state index contributed by atoms with van der Waals surface area (Å²) in [6.45, 7) is 26.1. The summed E-state index contributed by atoms with van der Waals surface area (Å²) in [7, 11) is 0. The zero-order chi connectivity index (χ0) is 65.8. The van der Waals surface area contributed by atoms with Gasteiger partial charge in [-0.15, -0.1) is 0 Å². The molecule has 23 heteroatoms. The molecule has 0 radical (unpaired) electrons. The van der Waals surface area contributed by atoms with Gasteiger partial charge in [-0.05, 0) is 149 Å². The number of carboxylic acids is 1. The number of hydrogen-bond donors (Lipinski definition) is 3. The van der Waals surface area contributed by atoms with Crippen molar-refractivity contribution in [1.82, 2.24) is 20.4 Å². The fraction of sp³-hybridized carbons (Fsp3) is 0.627. The molecule has 3 N–H and O–H groups in total. The minimum absolute atomic E-state index is 0.0611. The van der Waals surface area contributed by atoms with Crippen molar-refractivity contribution in [2.24, 2.45) is 11.8 Å². The zero-order valence-corrected chi connectivity index (χ0v) is 54.2. The Morgan fingerprint density at radius 1 is 0.544 bits per heavy atom. The number of carbonyl (C=O) groups excluding carboxylic acids is 8. The van der Waals surface area contributed by atoms with Crippen molar-refractivity contribution in [3.8, 4) is 23.0 Å². The third-order valence-electron chi connectivity index (χ3n) is 17.2. The molecule has 90 heavy (non-hydrogen) atoms. The number of piperidine rings is 2. The average molecular weight is 1260 g/mol. The van der Waals surface area contributed by atoms with E-state index in [2.05, 4.69) is 32.6 Å². The number of nitrogens with zero attached hydrogens (tertiary/aromatic N) is 2. The number of carboxylic acid groups (broad SMARTS) is 1. The molecule has 2 aromatic rings. The Morgan fingerprint density at radius 2 is 0.956 bits per heavy atom. The van der Waals surface area contributed by atoms with Gasteiger partial charge in [-0.25, -0.2) is 4.79 Å². The van der Waals surface area contributed by atoms with E-state index < -0.39 is 65.1 Å². The predicted octanol–water partition coefficient (Wildman–Crippen LogP) is 7.45. The average Bonchev–Trinajstić information content (AvgIpc) is 1.46. The lowest BCUT2D eigenvalue weighted by Crippen LogP contribution is -2.66. The van der Waals surface area contributed by atoms with Gasteiger partial charge in [0, 0.05) is 106 Å². The maximum atomic E-state index is 12.3. The molecule has 0 aromatic heterocycles. The van der Waals surface area contributed by atoms with E-state index in [0.717, 1.165) is 81.4 Å². The van der Waals surface area contributed by atoms with Crippen molar-refractivity contribution in [3.63, 3.8) is 0 Å². The van der Waals surface area contributed by atoms with Crippen LogP contribution in [0.25, 0.3) is 0 Å². The second-order valence-corrected chi connectivity index (χ2v) is 27.3. The molecular formula is C67H90N4O19. The predicted molar refractivity (Wildman–Crippen MR) is 326 cm³/mol. The van der Waals surface area contributed by atoms with Crippen LogP contribution in [0, 0.1) is 11.8 Å². The molecule has 23 nitrogen and oxygen atoms in total. The van der Waals surface area contributed by atoms with Gasteiger partial charge in [0.1, 0.15) is 29.0 Å². The molecule has 2 amide bonds. The quantitative estimate of drug-likeness (QED) is 0.0429. The van der Waals surface area contributed by atoms with Crippen LogP contribution in [0.4, 0.5) is 4.79 Å². The monoisotopic (exact) mass is 1250 g/mol. The molecule has 0 saturated carbocycles. The molecule has 2 fully saturated rings. The van der Waals surface area contributed by atoms with Crippen LogP contribution in [0.2, 0.25) is 0 Å². The number of ether oxygens (including phenoxy) is 9. The first-order valence-electron chi connectivity index (χ1n) is 31.3. The van der Waals surface area contributed by atoms with Crippen LogP contribution in [0.1, 0.15) is 164 Å². The number of carbonyl (C=O) groups is 9. The number of amides is 2. The Hall–Kier alpha value is -7.53. The highest BCUT2D eigenvalue weighted by atomic mass is 16.6. The van der Waals surface area contributed by atoms with Crippen LogP contribution < -0.4 is 29.6 Å². The van der Waals surface area contributed by atoms with Gasteiger partial charge in [0.25, 0.3) is 0 Å². The van der Waals surface area contributed by atoms with Crippen LogP contribution >= 0.6 is 0 Å². The van der Waals surface area contributed by atoms with Gasteiger partial charge in [0.2, 0.25) is 5.91 Å². The number of benzene rings is 2. The summed E-state index contributed by atoms with van der Waals surface area (Å²) in [5.41, 5.74) is 2.17. The lowest BCUT2D eigenvalue weighted by atomic mass is 9.53. The molecule has 2 spiro atoms. The van der Waals surface area contributed by atoms with E-state index >= 15 is 0 Å². The minimum atomic E-state index is -0.985. The summed E-state index contributed by atoms with van der Waals surface area (Å²) in [4.78, 5) is 110. The lowest BCUT2D eigenvalue weighted by molar-refractivity contribution is -0.157. The van der Waals surface area contributed by atoms with E-state index in [4.69, 9.17) is 47.7 Å². The summed E-state index contributed by atoms with van der Waals surface area (Å²) >= 11 is 0. The number of rotatable bonds is 18. The van der Waals surface area contributed by atoms with Crippen molar-refractivity contribution >= 4 is 53.8 Å². The van der Waals surface area contributed by atoms with Gasteiger partial charge in [-0.1, -0.05) is 24.3 Å². The van der Waals surface area contributed by atoms with E-state index in [9.17, 15) is 43.2 Å². The number of alkyl carbamates (subject to hydrolysis) is 1. The van der Waals surface area contributed by atoms with Crippen LogP contribution in [0.15, 0.2) is 48.6 Å². The Bertz CT molecular complexity index is 3150. The summed E-state index contributed by atoms with van der Waals surface area (Å²) in [5.74, 6) is -1.19. The van der Waals surface area contributed by atoms with Gasteiger partial charge < -0.3 is 58.4 Å².